The van der Waals surface area contributed by atoms with Crippen LogP contribution in [0.1, 0.15) is 0 Å². The van der Waals surface area contributed by atoms with Gasteiger partial charge in [-0.25, -0.2) is 0 Å². The largest absolute Gasteiger partial charge is 0.308 e. The molecule has 2 nitrogen and oxygen atoms in total. The van der Waals surface area contributed by atoms with Gasteiger partial charge in [-0.1, -0.05) is 48.5 Å². The minimum absolute atomic E-state index is 0.991. The SMILES string of the molecule is c1ccc(-c2ccc(-n3c4ccccc4c4cc5sccc5cc43)cn2)cc1. The molecule has 3 heteroatoms. The molecule has 28 heavy (non-hydrogen) atoms. The summed E-state index contributed by atoms with van der Waals surface area (Å²) >= 11 is 1.79. The molecule has 0 aliphatic carbocycles. The first-order valence-corrected chi connectivity index (χ1v) is 10.2. The highest BCUT2D eigenvalue weighted by molar-refractivity contribution is 7.17. The van der Waals surface area contributed by atoms with Crippen molar-refractivity contribution < 1.29 is 0 Å². The van der Waals surface area contributed by atoms with E-state index in [2.05, 4.69) is 76.7 Å². The van der Waals surface area contributed by atoms with E-state index in [0.29, 0.717) is 0 Å². The molecule has 0 fully saturated rings. The molecular weight excluding hydrogens is 360 g/mol. The lowest BCUT2D eigenvalue weighted by Crippen LogP contribution is -1.95. The highest BCUT2D eigenvalue weighted by atomic mass is 32.1. The minimum atomic E-state index is 0.991. The lowest BCUT2D eigenvalue weighted by Gasteiger charge is -2.09. The van der Waals surface area contributed by atoms with E-state index in [4.69, 9.17) is 4.98 Å². The summed E-state index contributed by atoms with van der Waals surface area (Å²) in [6.45, 7) is 0. The number of aromatic nitrogens is 2. The Bertz CT molecular complexity index is 1440. The smallest absolute Gasteiger partial charge is 0.0703 e. The van der Waals surface area contributed by atoms with Crippen LogP contribution in [0.4, 0.5) is 0 Å². The quantitative estimate of drug-likeness (QED) is 0.316. The van der Waals surface area contributed by atoms with Crippen LogP contribution in [0.15, 0.2) is 96.5 Å². The van der Waals surface area contributed by atoms with Gasteiger partial charge in [-0.2, -0.15) is 0 Å². The van der Waals surface area contributed by atoms with E-state index in [-0.39, 0.29) is 0 Å². The normalized spacial score (nSPS) is 11.6. The summed E-state index contributed by atoms with van der Waals surface area (Å²) in [5.41, 5.74) is 5.65. The topological polar surface area (TPSA) is 17.8 Å². The summed E-state index contributed by atoms with van der Waals surface area (Å²) in [7, 11) is 0. The summed E-state index contributed by atoms with van der Waals surface area (Å²) in [4.78, 5) is 4.75. The molecule has 3 aromatic carbocycles. The zero-order chi connectivity index (χ0) is 18.5. The third-order valence-corrected chi connectivity index (χ3v) is 6.20. The Morgan fingerprint density at radius 3 is 2.43 bits per heavy atom. The Morgan fingerprint density at radius 1 is 0.714 bits per heavy atom. The molecule has 0 aliphatic rings. The van der Waals surface area contributed by atoms with Crippen molar-refractivity contribution in [3.05, 3.63) is 96.5 Å². The van der Waals surface area contributed by atoms with Crippen molar-refractivity contribution in [1.29, 1.82) is 0 Å². The van der Waals surface area contributed by atoms with E-state index in [1.165, 1.54) is 31.9 Å². The van der Waals surface area contributed by atoms with Gasteiger partial charge in [-0.3, -0.25) is 4.98 Å². The van der Waals surface area contributed by atoms with Gasteiger partial charge in [0.2, 0.25) is 0 Å². The molecule has 0 bridgehead atoms. The second-order valence-electron chi connectivity index (χ2n) is 6.95. The number of hydrogen-bond acceptors (Lipinski definition) is 2. The van der Waals surface area contributed by atoms with Gasteiger partial charge in [0.15, 0.2) is 0 Å². The zero-order valence-electron chi connectivity index (χ0n) is 15.0. The molecule has 0 unspecified atom stereocenters. The Hall–Kier alpha value is -3.43. The first-order chi connectivity index (χ1) is 13.9. The van der Waals surface area contributed by atoms with Crippen LogP contribution in [0.3, 0.4) is 0 Å². The highest BCUT2D eigenvalue weighted by Gasteiger charge is 2.13. The predicted molar refractivity (Wildman–Crippen MR) is 119 cm³/mol. The molecule has 0 saturated heterocycles. The first-order valence-electron chi connectivity index (χ1n) is 9.31. The van der Waals surface area contributed by atoms with Gasteiger partial charge in [-0.15, -0.1) is 11.3 Å². The Labute approximate surface area is 166 Å². The fourth-order valence-corrected chi connectivity index (χ4v) is 4.81. The fourth-order valence-electron chi connectivity index (χ4n) is 4.00. The number of rotatable bonds is 2. The maximum Gasteiger partial charge on any atom is 0.0703 e. The van der Waals surface area contributed by atoms with Gasteiger partial charge in [0.25, 0.3) is 0 Å². The molecule has 6 rings (SSSR count). The zero-order valence-corrected chi connectivity index (χ0v) is 15.9. The van der Waals surface area contributed by atoms with E-state index in [0.717, 1.165) is 16.9 Å². The summed E-state index contributed by atoms with van der Waals surface area (Å²) in [6.07, 6.45) is 1.98. The van der Waals surface area contributed by atoms with Gasteiger partial charge < -0.3 is 4.57 Å². The van der Waals surface area contributed by atoms with Crippen molar-refractivity contribution in [3.63, 3.8) is 0 Å². The van der Waals surface area contributed by atoms with Gasteiger partial charge in [0.1, 0.15) is 0 Å². The van der Waals surface area contributed by atoms with Crippen LogP contribution in [0.25, 0.3) is 48.8 Å². The molecule has 132 valence electrons. The maximum absolute atomic E-state index is 4.75. The standard InChI is InChI=1S/C25H16N2S/c1-2-6-17(7-3-1)22-11-10-19(16-26-22)27-23-9-5-4-8-20(23)21-15-25-18(12-13-28-25)14-24(21)27/h1-16H. The van der Waals surface area contributed by atoms with Crippen molar-refractivity contribution in [3.8, 4) is 16.9 Å². The van der Waals surface area contributed by atoms with E-state index in [9.17, 15) is 0 Å². The first kappa shape index (κ1) is 15.6. The third-order valence-electron chi connectivity index (χ3n) is 5.32. The third kappa shape index (κ3) is 2.30. The lowest BCUT2D eigenvalue weighted by molar-refractivity contribution is 1.14. The summed E-state index contributed by atoms with van der Waals surface area (Å²) in [5.74, 6) is 0. The molecular formula is C25H16N2S. The lowest BCUT2D eigenvalue weighted by atomic mass is 10.1. The number of nitrogens with zero attached hydrogens (tertiary/aromatic N) is 2. The van der Waals surface area contributed by atoms with Crippen molar-refractivity contribution in [2.45, 2.75) is 0 Å². The molecule has 6 aromatic rings. The number of hydrogen-bond donors (Lipinski definition) is 0. The van der Waals surface area contributed by atoms with Crippen LogP contribution in [-0.4, -0.2) is 9.55 Å². The van der Waals surface area contributed by atoms with E-state index >= 15 is 0 Å². The van der Waals surface area contributed by atoms with Crippen molar-refractivity contribution in [2.75, 3.05) is 0 Å². The van der Waals surface area contributed by atoms with Gasteiger partial charge >= 0.3 is 0 Å². The monoisotopic (exact) mass is 376 g/mol. The Morgan fingerprint density at radius 2 is 1.57 bits per heavy atom. The van der Waals surface area contributed by atoms with Crippen LogP contribution >= 0.6 is 11.3 Å². The average Bonchev–Trinajstić information content (AvgIpc) is 3.35. The van der Waals surface area contributed by atoms with Crippen molar-refractivity contribution in [2.24, 2.45) is 0 Å². The molecule has 0 atom stereocenters. The van der Waals surface area contributed by atoms with Crippen LogP contribution in [0.2, 0.25) is 0 Å². The molecule has 0 aliphatic heterocycles. The molecule has 0 N–H and O–H groups in total. The molecule has 0 spiro atoms. The average molecular weight is 376 g/mol. The summed E-state index contributed by atoms with van der Waals surface area (Å²) < 4.78 is 3.65. The fraction of sp³-hybridized carbons (Fsp3) is 0. The van der Waals surface area contributed by atoms with Gasteiger partial charge in [-0.05, 0) is 47.2 Å². The second kappa shape index (κ2) is 6.04. The molecule has 0 amide bonds. The summed E-state index contributed by atoms with van der Waals surface area (Å²) in [5, 5.41) is 6.01. The Kier molecular flexibility index (Phi) is 3.37. The van der Waals surface area contributed by atoms with Gasteiger partial charge in [0.05, 0.1) is 28.6 Å². The second-order valence-corrected chi connectivity index (χ2v) is 7.90. The number of pyridine rings is 1. The number of thiophene rings is 1. The van der Waals surface area contributed by atoms with Crippen molar-refractivity contribution in [1.82, 2.24) is 9.55 Å². The predicted octanol–water partition coefficient (Wildman–Crippen LogP) is 7.06. The molecule has 3 heterocycles. The van der Waals surface area contributed by atoms with E-state index in [1.807, 2.05) is 24.4 Å². The number of fused-ring (bicyclic) bond motifs is 4. The number of benzene rings is 3. The van der Waals surface area contributed by atoms with Gasteiger partial charge in [0, 0.05) is 21.0 Å². The summed E-state index contributed by atoms with van der Waals surface area (Å²) in [6, 6.07) is 30.0. The van der Waals surface area contributed by atoms with Crippen LogP contribution in [0, 0.1) is 0 Å². The van der Waals surface area contributed by atoms with Crippen LogP contribution in [0.5, 0.6) is 0 Å². The molecule has 3 aromatic heterocycles. The Balaban J connectivity index is 1.62. The van der Waals surface area contributed by atoms with E-state index in [1.54, 1.807) is 11.3 Å². The minimum Gasteiger partial charge on any atom is -0.308 e. The van der Waals surface area contributed by atoms with E-state index < -0.39 is 0 Å². The molecule has 0 radical (unpaired) electrons. The molecule has 0 saturated carbocycles. The maximum atomic E-state index is 4.75. The number of para-hydroxylation sites is 1. The van der Waals surface area contributed by atoms with Crippen LogP contribution < -0.4 is 0 Å². The highest BCUT2D eigenvalue weighted by Crippen LogP contribution is 2.36. The van der Waals surface area contributed by atoms with Crippen LogP contribution in [-0.2, 0) is 0 Å². The van der Waals surface area contributed by atoms with Crippen molar-refractivity contribution >= 4 is 43.2 Å².